The Morgan fingerprint density at radius 3 is 1.52 bits per heavy atom. The van der Waals surface area contributed by atoms with Gasteiger partial charge in [-0.3, -0.25) is 0 Å². The van der Waals surface area contributed by atoms with Crippen molar-refractivity contribution in [2.45, 2.75) is 71.1 Å². The molecule has 0 unspecified atom stereocenters. The molecule has 2 aromatic carbocycles. The summed E-state index contributed by atoms with van der Waals surface area (Å²) in [6, 6.07) is 15.3. The fraction of sp³-hybridized carbons (Fsp3) is 0.520. The van der Waals surface area contributed by atoms with Crippen molar-refractivity contribution in [1.82, 2.24) is 0 Å². The number of unbranched alkanes of at least 4 members (excludes halogenated alkanes) is 9. The predicted molar refractivity (Wildman–Crippen MR) is 121 cm³/mol. The van der Waals surface area contributed by atoms with E-state index in [9.17, 15) is 0 Å². The monoisotopic (exact) mass is 396 g/mol. The molecule has 2 aromatic rings. The van der Waals surface area contributed by atoms with E-state index in [-0.39, 0.29) is 0 Å². The number of ether oxygens (including phenoxy) is 2. The number of azo groups is 1. The summed E-state index contributed by atoms with van der Waals surface area (Å²) in [7, 11) is 1.65. The van der Waals surface area contributed by atoms with Crippen LogP contribution in [-0.4, -0.2) is 13.7 Å². The molecule has 0 aliphatic rings. The minimum atomic E-state index is 0.781. The zero-order chi connectivity index (χ0) is 20.6. The summed E-state index contributed by atoms with van der Waals surface area (Å²) < 4.78 is 11.0. The smallest absolute Gasteiger partial charge is 0.119 e. The van der Waals surface area contributed by atoms with Gasteiger partial charge in [0.15, 0.2) is 0 Å². The molecule has 0 fully saturated rings. The van der Waals surface area contributed by atoms with Crippen molar-refractivity contribution in [1.29, 1.82) is 0 Å². The van der Waals surface area contributed by atoms with Crippen molar-refractivity contribution in [2.75, 3.05) is 13.7 Å². The van der Waals surface area contributed by atoms with Crippen LogP contribution in [0.2, 0.25) is 0 Å². The molecule has 0 aliphatic heterocycles. The van der Waals surface area contributed by atoms with Crippen LogP contribution in [0, 0.1) is 0 Å². The van der Waals surface area contributed by atoms with E-state index >= 15 is 0 Å². The van der Waals surface area contributed by atoms with Gasteiger partial charge in [-0.1, -0.05) is 64.7 Å². The highest BCUT2D eigenvalue weighted by molar-refractivity contribution is 5.44. The molecule has 2 rings (SSSR count). The minimum absolute atomic E-state index is 0.781. The zero-order valence-electron chi connectivity index (χ0n) is 18.1. The Balaban J connectivity index is 1.56. The largest absolute Gasteiger partial charge is 0.497 e. The first-order chi connectivity index (χ1) is 14.3. The van der Waals surface area contributed by atoms with E-state index < -0.39 is 0 Å². The molecule has 4 nitrogen and oxygen atoms in total. The quantitative estimate of drug-likeness (QED) is 0.224. The van der Waals surface area contributed by atoms with Gasteiger partial charge in [-0.15, -0.1) is 0 Å². The summed E-state index contributed by atoms with van der Waals surface area (Å²) >= 11 is 0. The van der Waals surface area contributed by atoms with E-state index in [1.165, 1.54) is 57.8 Å². The van der Waals surface area contributed by atoms with Crippen LogP contribution in [0.5, 0.6) is 11.5 Å². The van der Waals surface area contributed by atoms with E-state index in [0.29, 0.717) is 0 Å². The second-order valence-electron chi connectivity index (χ2n) is 7.42. The van der Waals surface area contributed by atoms with Gasteiger partial charge in [0.05, 0.1) is 25.1 Å². The first-order valence-electron chi connectivity index (χ1n) is 11.1. The van der Waals surface area contributed by atoms with Gasteiger partial charge >= 0.3 is 0 Å². The molecular formula is C25H36N2O2. The van der Waals surface area contributed by atoms with Gasteiger partial charge in [0.25, 0.3) is 0 Å². The first-order valence-corrected chi connectivity index (χ1v) is 11.1. The van der Waals surface area contributed by atoms with Crippen LogP contribution in [-0.2, 0) is 0 Å². The number of hydrogen-bond acceptors (Lipinski definition) is 4. The molecule has 0 saturated carbocycles. The third-order valence-corrected chi connectivity index (χ3v) is 4.96. The predicted octanol–water partition coefficient (Wildman–Crippen LogP) is 8.41. The maximum Gasteiger partial charge on any atom is 0.119 e. The van der Waals surface area contributed by atoms with Crippen molar-refractivity contribution in [3.05, 3.63) is 48.5 Å². The number of benzene rings is 2. The molecule has 0 amide bonds. The summed E-state index contributed by atoms with van der Waals surface area (Å²) in [5, 5.41) is 8.51. The van der Waals surface area contributed by atoms with Gasteiger partial charge in [-0.25, -0.2) is 0 Å². The number of nitrogens with zero attached hydrogens (tertiary/aromatic N) is 2. The number of rotatable bonds is 15. The van der Waals surface area contributed by atoms with Crippen LogP contribution in [0.15, 0.2) is 58.8 Å². The fourth-order valence-electron chi connectivity index (χ4n) is 3.15. The molecular weight excluding hydrogens is 360 g/mol. The molecule has 0 bridgehead atoms. The lowest BCUT2D eigenvalue weighted by molar-refractivity contribution is 0.304. The van der Waals surface area contributed by atoms with Crippen LogP contribution in [0.4, 0.5) is 11.4 Å². The van der Waals surface area contributed by atoms with E-state index in [1.807, 2.05) is 48.5 Å². The van der Waals surface area contributed by atoms with Gasteiger partial charge in [0.2, 0.25) is 0 Å². The van der Waals surface area contributed by atoms with Crippen LogP contribution in [0.1, 0.15) is 71.1 Å². The lowest BCUT2D eigenvalue weighted by Crippen LogP contribution is -1.96. The van der Waals surface area contributed by atoms with Crippen molar-refractivity contribution in [2.24, 2.45) is 10.2 Å². The molecule has 4 heteroatoms. The Morgan fingerprint density at radius 1 is 0.586 bits per heavy atom. The van der Waals surface area contributed by atoms with Gasteiger partial charge in [-0.05, 0) is 55.0 Å². The molecule has 0 spiro atoms. The molecule has 0 radical (unpaired) electrons. The lowest BCUT2D eigenvalue weighted by atomic mass is 10.1. The summed E-state index contributed by atoms with van der Waals surface area (Å²) in [4.78, 5) is 0. The molecule has 29 heavy (non-hydrogen) atoms. The fourth-order valence-corrected chi connectivity index (χ4v) is 3.15. The third-order valence-electron chi connectivity index (χ3n) is 4.96. The van der Waals surface area contributed by atoms with Crippen LogP contribution in [0.3, 0.4) is 0 Å². The average Bonchev–Trinajstić information content (AvgIpc) is 2.77. The second-order valence-corrected chi connectivity index (χ2v) is 7.42. The molecule has 0 atom stereocenters. The van der Waals surface area contributed by atoms with Gasteiger partial charge in [0.1, 0.15) is 11.5 Å². The Hall–Kier alpha value is -2.36. The molecule has 158 valence electrons. The highest BCUT2D eigenvalue weighted by Gasteiger charge is 1.97. The molecule has 0 aliphatic carbocycles. The zero-order valence-corrected chi connectivity index (χ0v) is 18.1. The lowest BCUT2D eigenvalue weighted by Gasteiger charge is -2.06. The first kappa shape index (κ1) is 22.9. The van der Waals surface area contributed by atoms with Crippen LogP contribution >= 0.6 is 0 Å². The van der Waals surface area contributed by atoms with Crippen molar-refractivity contribution < 1.29 is 9.47 Å². The minimum Gasteiger partial charge on any atom is -0.497 e. The maximum atomic E-state index is 5.84. The van der Waals surface area contributed by atoms with Crippen molar-refractivity contribution >= 4 is 11.4 Å². The van der Waals surface area contributed by atoms with Gasteiger partial charge < -0.3 is 9.47 Å². The van der Waals surface area contributed by atoms with Crippen molar-refractivity contribution in [3.8, 4) is 11.5 Å². The Kier molecular flexibility index (Phi) is 11.6. The second kappa shape index (κ2) is 14.6. The average molecular weight is 397 g/mol. The molecule has 0 aromatic heterocycles. The normalized spacial score (nSPS) is 11.1. The SMILES string of the molecule is CCCCCCCCCCCCOc1ccc(N=Nc2ccc(OC)cc2)cc1. The van der Waals surface area contributed by atoms with E-state index in [4.69, 9.17) is 9.47 Å². The standard InChI is InChI=1S/C25H36N2O2/c1-3-4-5-6-7-8-9-10-11-12-21-29-25-19-15-23(16-20-25)27-26-22-13-17-24(28-2)18-14-22/h13-20H,3-12,21H2,1-2H3. The molecule has 0 saturated heterocycles. The van der Waals surface area contributed by atoms with E-state index in [2.05, 4.69) is 17.2 Å². The van der Waals surface area contributed by atoms with Gasteiger partial charge in [0, 0.05) is 0 Å². The van der Waals surface area contributed by atoms with Crippen LogP contribution < -0.4 is 9.47 Å². The summed E-state index contributed by atoms with van der Waals surface area (Å²) in [6.07, 6.45) is 13.4. The Labute approximate surface area is 176 Å². The number of methoxy groups -OCH3 is 1. The van der Waals surface area contributed by atoms with E-state index in [1.54, 1.807) is 7.11 Å². The Bertz CT molecular complexity index is 681. The summed E-state index contributed by atoms with van der Waals surface area (Å²) in [6.45, 7) is 3.05. The number of hydrogen-bond donors (Lipinski definition) is 0. The third kappa shape index (κ3) is 10.1. The Morgan fingerprint density at radius 2 is 1.03 bits per heavy atom. The van der Waals surface area contributed by atoms with E-state index in [0.717, 1.165) is 35.9 Å². The topological polar surface area (TPSA) is 43.2 Å². The molecule has 0 heterocycles. The highest BCUT2D eigenvalue weighted by Crippen LogP contribution is 2.23. The molecule has 0 N–H and O–H groups in total. The summed E-state index contributed by atoms with van der Waals surface area (Å²) in [5.41, 5.74) is 1.61. The van der Waals surface area contributed by atoms with Crippen molar-refractivity contribution in [3.63, 3.8) is 0 Å². The van der Waals surface area contributed by atoms with Crippen LogP contribution in [0.25, 0.3) is 0 Å². The maximum absolute atomic E-state index is 5.84. The summed E-state index contributed by atoms with van der Waals surface area (Å²) in [5.74, 6) is 1.71. The highest BCUT2D eigenvalue weighted by atomic mass is 16.5. The van der Waals surface area contributed by atoms with Gasteiger partial charge in [-0.2, -0.15) is 10.2 Å².